The quantitative estimate of drug-likeness (QED) is 0.757. The fourth-order valence-corrected chi connectivity index (χ4v) is 1.71. The molecule has 0 fully saturated rings. The average molecular weight is 180 g/mol. The number of benzene rings is 1. The van der Waals surface area contributed by atoms with Crippen molar-refractivity contribution in [1.29, 1.82) is 0 Å². The zero-order chi connectivity index (χ0) is 10.0. The van der Waals surface area contributed by atoms with Gasteiger partial charge in [0.1, 0.15) is 5.75 Å². The van der Waals surface area contributed by atoms with E-state index in [1.54, 1.807) is 14.0 Å². The molecule has 0 aromatic heterocycles. The second kappa shape index (κ2) is 3.79. The van der Waals surface area contributed by atoms with Gasteiger partial charge >= 0.3 is 0 Å². The van der Waals surface area contributed by atoms with Gasteiger partial charge in [-0.05, 0) is 49.6 Å². The van der Waals surface area contributed by atoms with E-state index in [1.165, 1.54) is 0 Å². The van der Waals surface area contributed by atoms with E-state index in [2.05, 4.69) is 0 Å². The van der Waals surface area contributed by atoms with Gasteiger partial charge in [-0.25, -0.2) is 0 Å². The number of hydrogen-bond donors (Lipinski definition) is 1. The third-order valence-electron chi connectivity index (χ3n) is 2.22. The second-order valence-electron chi connectivity index (χ2n) is 3.35. The van der Waals surface area contributed by atoms with Crippen LogP contribution < -0.4 is 4.74 Å². The highest BCUT2D eigenvalue weighted by Gasteiger charge is 2.09. The Morgan fingerprint density at radius 1 is 1.23 bits per heavy atom. The summed E-state index contributed by atoms with van der Waals surface area (Å²) >= 11 is 0. The Bertz CT molecular complexity index is 280. The van der Waals surface area contributed by atoms with Gasteiger partial charge in [-0.2, -0.15) is 0 Å². The summed E-state index contributed by atoms with van der Waals surface area (Å²) in [5.41, 5.74) is 3.15. The Morgan fingerprint density at radius 3 is 2.00 bits per heavy atom. The van der Waals surface area contributed by atoms with Crippen molar-refractivity contribution in [2.45, 2.75) is 26.9 Å². The molecule has 0 radical (unpaired) electrons. The molecular formula is C11H16O2. The first-order valence-electron chi connectivity index (χ1n) is 4.39. The van der Waals surface area contributed by atoms with Crippen LogP contribution >= 0.6 is 0 Å². The lowest BCUT2D eigenvalue weighted by atomic mass is 9.98. The normalized spacial score (nSPS) is 12.7. The van der Waals surface area contributed by atoms with Crippen molar-refractivity contribution in [3.05, 3.63) is 28.8 Å². The summed E-state index contributed by atoms with van der Waals surface area (Å²) < 4.78 is 5.13. The summed E-state index contributed by atoms with van der Waals surface area (Å²) in [6.45, 7) is 5.75. The van der Waals surface area contributed by atoms with Crippen LogP contribution in [0.2, 0.25) is 0 Å². The summed E-state index contributed by atoms with van der Waals surface area (Å²) in [4.78, 5) is 0. The van der Waals surface area contributed by atoms with E-state index in [0.717, 1.165) is 22.4 Å². The topological polar surface area (TPSA) is 29.5 Å². The lowest BCUT2D eigenvalue weighted by Gasteiger charge is -2.14. The third kappa shape index (κ3) is 2.01. The smallest absolute Gasteiger partial charge is 0.119 e. The molecule has 1 rings (SSSR count). The number of aryl methyl sites for hydroxylation is 2. The van der Waals surface area contributed by atoms with Crippen molar-refractivity contribution in [3.63, 3.8) is 0 Å². The second-order valence-corrected chi connectivity index (χ2v) is 3.35. The SMILES string of the molecule is COc1cc(C)c([C@@H](C)O)c(C)c1. The first kappa shape index (κ1) is 10.1. The first-order valence-corrected chi connectivity index (χ1v) is 4.39. The van der Waals surface area contributed by atoms with Crippen molar-refractivity contribution in [2.75, 3.05) is 7.11 Å². The van der Waals surface area contributed by atoms with Crippen LogP contribution in [0.5, 0.6) is 5.75 Å². The fraction of sp³-hybridized carbons (Fsp3) is 0.455. The third-order valence-corrected chi connectivity index (χ3v) is 2.22. The van der Waals surface area contributed by atoms with Gasteiger partial charge in [-0.3, -0.25) is 0 Å². The lowest BCUT2D eigenvalue weighted by Crippen LogP contribution is -1.99. The molecule has 0 saturated carbocycles. The molecule has 0 aliphatic heterocycles. The monoisotopic (exact) mass is 180 g/mol. The Kier molecular flexibility index (Phi) is 2.94. The van der Waals surface area contributed by atoms with E-state index in [1.807, 2.05) is 26.0 Å². The van der Waals surface area contributed by atoms with Crippen LogP contribution in [0.1, 0.15) is 29.7 Å². The van der Waals surface area contributed by atoms with Crippen LogP contribution in [-0.4, -0.2) is 12.2 Å². The molecule has 0 heterocycles. The average Bonchev–Trinajstić information content (AvgIpc) is 2.02. The van der Waals surface area contributed by atoms with Crippen LogP contribution in [-0.2, 0) is 0 Å². The predicted octanol–water partition coefficient (Wildman–Crippen LogP) is 2.37. The zero-order valence-corrected chi connectivity index (χ0v) is 8.59. The van der Waals surface area contributed by atoms with Gasteiger partial charge in [-0.15, -0.1) is 0 Å². The van der Waals surface area contributed by atoms with E-state index in [4.69, 9.17) is 4.74 Å². The van der Waals surface area contributed by atoms with Crippen LogP contribution in [0, 0.1) is 13.8 Å². The Balaban J connectivity index is 3.23. The van der Waals surface area contributed by atoms with Crippen LogP contribution in [0.15, 0.2) is 12.1 Å². The van der Waals surface area contributed by atoms with Crippen molar-refractivity contribution < 1.29 is 9.84 Å². The van der Waals surface area contributed by atoms with E-state index in [-0.39, 0.29) is 0 Å². The minimum Gasteiger partial charge on any atom is -0.497 e. The Hall–Kier alpha value is -1.02. The summed E-state index contributed by atoms with van der Waals surface area (Å²) in [5.74, 6) is 0.847. The molecule has 72 valence electrons. The van der Waals surface area contributed by atoms with Gasteiger partial charge < -0.3 is 9.84 Å². The predicted molar refractivity (Wildman–Crippen MR) is 53.1 cm³/mol. The summed E-state index contributed by atoms with van der Waals surface area (Å²) in [6.07, 6.45) is -0.411. The Morgan fingerprint density at radius 2 is 1.69 bits per heavy atom. The summed E-state index contributed by atoms with van der Waals surface area (Å²) in [7, 11) is 1.65. The molecule has 13 heavy (non-hydrogen) atoms. The molecule has 0 aliphatic carbocycles. The van der Waals surface area contributed by atoms with Crippen molar-refractivity contribution in [1.82, 2.24) is 0 Å². The van der Waals surface area contributed by atoms with Crippen LogP contribution in [0.3, 0.4) is 0 Å². The molecule has 2 heteroatoms. The maximum Gasteiger partial charge on any atom is 0.119 e. The molecule has 1 N–H and O–H groups in total. The maximum atomic E-state index is 9.51. The molecule has 0 saturated heterocycles. The largest absolute Gasteiger partial charge is 0.497 e. The number of rotatable bonds is 2. The first-order chi connectivity index (χ1) is 6.06. The molecule has 2 nitrogen and oxygen atoms in total. The fourth-order valence-electron chi connectivity index (χ4n) is 1.71. The van der Waals surface area contributed by atoms with Crippen molar-refractivity contribution in [3.8, 4) is 5.75 Å². The summed E-state index contributed by atoms with van der Waals surface area (Å²) in [6, 6.07) is 3.88. The molecule has 1 aromatic carbocycles. The van der Waals surface area contributed by atoms with Crippen LogP contribution in [0.25, 0.3) is 0 Å². The number of hydrogen-bond acceptors (Lipinski definition) is 2. The molecule has 0 amide bonds. The number of aliphatic hydroxyl groups is 1. The van der Waals surface area contributed by atoms with Gasteiger partial charge in [0.25, 0.3) is 0 Å². The van der Waals surface area contributed by atoms with Gasteiger partial charge in [-0.1, -0.05) is 0 Å². The molecule has 0 aliphatic rings. The molecule has 0 spiro atoms. The highest BCUT2D eigenvalue weighted by molar-refractivity contribution is 5.42. The minimum atomic E-state index is -0.411. The van der Waals surface area contributed by atoms with E-state index in [0.29, 0.717) is 0 Å². The standard InChI is InChI=1S/C11H16O2/c1-7-5-10(13-4)6-8(2)11(7)9(3)12/h5-6,9,12H,1-4H3/t9-/m1/s1. The zero-order valence-electron chi connectivity index (χ0n) is 8.59. The molecule has 1 aromatic rings. The van der Waals surface area contributed by atoms with E-state index < -0.39 is 6.10 Å². The number of ether oxygens (including phenoxy) is 1. The molecule has 0 unspecified atom stereocenters. The summed E-state index contributed by atoms with van der Waals surface area (Å²) in [5, 5.41) is 9.51. The van der Waals surface area contributed by atoms with Crippen LogP contribution in [0.4, 0.5) is 0 Å². The van der Waals surface area contributed by atoms with E-state index >= 15 is 0 Å². The van der Waals surface area contributed by atoms with Crippen molar-refractivity contribution >= 4 is 0 Å². The highest BCUT2D eigenvalue weighted by atomic mass is 16.5. The van der Waals surface area contributed by atoms with Gasteiger partial charge in [0.2, 0.25) is 0 Å². The number of aliphatic hydroxyl groups excluding tert-OH is 1. The van der Waals surface area contributed by atoms with Gasteiger partial charge in [0.15, 0.2) is 0 Å². The highest BCUT2D eigenvalue weighted by Crippen LogP contribution is 2.26. The molecule has 0 bridgehead atoms. The van der Waals surface area contributed by atoms with E-state index in [9.17, 15) is 5.11 Å². The maximum absolute atomic E-state index is 9.51. The lowest BCUT2D eigenvalue weighted by molar-refractivity contribution is 0.197. The van der Waals surface area contributed by atoms with Gasteiger partial charge in [0.05, 0.1) is 13.2 Å². The van der Waals surface area contributed by atoms with Crippen molar-refractivity contribution in [2.24, 2.45) is 0 Å². The number of methoxy groups -OCH3 is 1. The molecule has 1 atom stereocenters. The Labute approximate surface area is 79.2 Å². The van der Waals surface area contributed by atoms with Gasteiger partial charge in [0, 0.05) is 0 Å². The molecular weight excluding hydrogens is 164 g/mol. The minimum absolute atomic E-state index is 0.411.